The van der Waals surface area contributed by atoms with E-state index in [9.17, 15) is 4.79 Å². The molecule has 4 heteroatoms. The summed E-state index contributed by atoms with van der Waals surface area (Å²) in [7, 11) is 1.30. The number of aliphatic hydroxyl groups excluding tert-OH is 1. The van der Waals surface area contributed by atoms with Crippen LogP contribution in [0.3, 0.4) is 0 Å². The average molecular weight is 238 g/mol. The topological polar surface area (TPSA) is 55.8 Å². The van der Waals surface area contributed by atoms with Gasteiger partial charge in [0.2, 0.25) is 0 Å². The predicted molar refractivity (Wildman–Crippen MR) is 63.1 cm³/mol. The second-order valence-electron chi connectivity index (χ2n) is 4.05. The van der Waals surface area contributed by atoms with Gasteiger partial charge in [0.25, 0.3) is 0 Å². The zero-order valence-electron chi connectivity index (χ0n) is 10.1. The van der Waals surface area contributed by atoms with Gasteiger partial charge in [-0.3, -0.25) is 0 Å². The average Bonchev–Trinajstić information content (AvgIpc) is 2.28. The quantitative estimate of drug-likeness (QED) is 0.345. The molecular formula is C13H18O4. The van der Waals surface area contributed by atoms with Crippen molar-refractivity contribution in [3.05, 3.63) is 12.2 Å². The van der Waals surface area contributed by atoms with Gasteiger partial charge in [-0.2, -0.15) is 0 Å². The predicted octanol–water partition coefficient (Wildman–Crippen LogP) is 1.04. The summed E-state index contributed by atoms with van der Waals surface area (Å²) in [6, 6.07) is 0. The van der Waals surface area contributed by atoms with Gasteiger partial charge in [0.15, 0.2) is 0 Å². The van der Waals surface area contributed by atoms with Crippen LogP contribution in [0.5, 0.6) is 0 Å². The van der Waals surface area contributed by atoms with Crippen molar-refractivity contribution >= 4 is 5.97 Å². The number of carbonyl (C=O) groups is 1. The Labute approximate surface area is 102 Å². The first-order valence-electron chi connectivity index (χ1n) is 5.65. The van der Waals surface area contributed by atoms with E-state index in [1.807, 2.05) is 0 Å². The molecule has 1 N–H and O–H groups in total. The van der Waals surface area contributed by atoms with Gasteiger partial charge in [0.1, 0.15) is 0 Å². The second kappa shape index (κ2) is 7.10. The molecule has 1 saturated heterocycles. The van der Waals surface area contributed by atoms with Crippen LogP contribution in [0.4, 0.5) is 0 Å². The number of ether oxygens (including phenoxy) is 2. The number of hydrogen-bond acceptors (Lipinski definition) is 4. The molecule has 0 aromatic rings. The first-order chi connectivity index (χ1) is 8.15. The van der Waals surface area contributed by atoms with Crippen LogP contribution in [0.2, 0.25) is 0 Å². The van der Waals surface area contributed by atoms with E-state index in [-0.39, 0.29) is 18.8 Å². The Morgan fingerprint density at radius 3 is 2.94 bits per heavy atom. The van der Waals surface area contributed by atoms with E-state index in [4.69, 9.17) is 9.84 Å². The number of rotatable bonds is 3. The maximum absolute atomic E-state index is 10.8. The maximum Gasteiger partial charge on any atom is 0.384 e. The molecule has 0 aromatic heterocycles. The Balaban J connectivity index is 2.44. The molecule has 4 nitrogen and oxygen atoms in total. The Morgan fingerprint density at radius 1 is 1.59 bits per heavy atom. The lowest BCUT2D eigenvalue weighted by atomic mass is 9.96. The Morgan fingerprint density at radius 2 is 2.29 bits per heavy atom. The lowest BCUT2D eigenvalue weighted by Gasteiger charge is -2.30. The third-order valence-electron chi connectivity index (χ3n) is 2.57. The molecule has 17 heavy (non-hydrogen) atoms. The van der Waals surface area contributed by atoms with Gasteiger partial charge in [-0.25, -0.2) is 4.79 Å². The summed E-state index contributed by atoms with van der Waals surface area (Å²) in [6.45, 7) is 4.06. The molecule has 1 aliphatic rings. The molecule has 1 rings (SSSR count). The van der Waals surface area contributed by atoms with Crippen molar-refractivity contribution < 1.29 is 19.4 Å². The van der Waals surface area contributed by atoms with Gasteiger partial charge in [-0.1, -0.05) is 18.1 Å². The molecule has 94 valence electrons. The number of aliphatic hydroxyl groups is 1. The van der Waals surface area contributed by atoms with E-state index >= 15 is 0 Å². The van der Waals surface area contributed by atoms with Crippen LogP contribution in [-0.4, -0.2) is 37.0 Å². The molecule has 0 radical (unpaired) electrons. The minimum absolute atomic E-state index is 0.0196. The molecule has 0 saturated carbocycles. The lowest BCUT2D eigenvalue weighted by molar-refractivity contribution is -0.133. The van der Waals surface area contributed by atoms with Crippen molar-refractivity contribution in [3.63, 3.8) is 0 Å². The fourth-order valence-corrected chi connectivity index (χ4v) is 1.82. The van der Waals surface area contributed by atoms with Crippen molar-refractivity contribution in [1.82, 2.24) is 0 Å². The van der Waals surface area contributed by atoms with Crippen molar-refractivity contribution in [2.45, 2.75) is 37.9 Å². The van der Waals surface area contributed by atoms with E-state index in [1.165, 1.54) is 7.11 Å². The number of hydrogen-bond donors (Lipinski definition) is 1. The Hall–Kier alpha value is -1.31. The monoisotopic (exact) mass is 238 g/mol. The lowest BCUT2D eigenvalue weighted by Crippen LogP contribution is -2.29. The highest BCUT2D eigenvalue weighted by molar-refractivity contribution is 5.88. The SMILES string of the molecule is C=C1C[C@H](CC#CC(=O)OC)O[C@@H](CCO)C1. The highest BCUT2D eigenvalue weighted by Crippen LogP contribution is 2.26. The normalized spacial score (nSPS) is 23.8. The maximum atomic E-state index is 10.8. The molecule has 0 amide bonds. The van der Waals surface area contributed by atoms with Gasteiger partial charge in [-0.15, -0.1) is 0 Å². The summed E-state index contributed by atoms with van der Waals surface area (Å²) in [5.74, 6) is 4.57. The first-order valence-corrected chi connectivity index (χ1v) is 5.65. The van der Waals surface area contributed by atoms with Crippen molar-refractivity contribution in [2.75, 3.05) is 13.7 Å². The zero-order valence-corrected chi connectivity index (χ0v) is 10.1. The van der Waals surface area contributed by atoms with Crippen LogP contribution >= 0.6 is 0 Å². The summed E-state index contributed by atoms with van der Waals surface area (Å²) >= 11 is 0. The number of esters is 1. The minimum atomic E-state index is -0.536. The van der Waals surface area contributed by atoms with Crippen LogP contribution < -0.4 is 0 Å². The van der Waals surface area contributed by atoms with E-state index in [0.717, 1.165) is 18.4 Å². The molecule has 1 aliphatic heterocycles. The molecule has 2 atom stereocenters. The molecule has 0 aromatic carbocycles. The molecule has 1 fully saturated rings. The van der Waals surface area contributed by atoms with Gasteiger partial charge >= 0.3 is 5.97 Å². The van der Waals surface area contributed by atoms with Crippen LogP contribution in [0.15, 0.2) is 12.2 Å². The van der Waals surface area contributed by atoms with E-state index in [0.29, 0.717) is 12.8 Å². The molecule has 0 spiro atoms. The van der Waals surface area contributed by atoms with Crippen LogP contribution in [0.25, 0.3) is 0 Å². The number of carbonyl (C=O) groups excluding carboxylic acids is 1. The standard InChI is InChI=1S/C13H18O4/c1-10-8-11(4-3-5-13(15)16-2)17-12(9-10)6-7-14/h11-12,14H,1,4,6-9H2,2H3/t11-,12-/m0/s1. The van der Waals surface area contributed by atoms with Crippen LogP contribution in [0.1, 0.15) is 25.7 Å². The molecule has 0 aliphatic carbocycles. The second-order valence-corrected chi connectivity index (χ2v) is 4.05. The van der Waals surface area contributed by atoms with E-state index in [2.05, 4.69) is 23.2 Å². The summed E-state index contributed by atoms with van der Waals surface area (Å²) in [5.41, 5.74) is 1.11. The summed E-state index contributed by atoms with van der Waals surface area (Å²) in [6.07, 6.45) is 2.63. The fraction of sp³-hybridized carbons (Fsp3) is 0.615. The third kappa shape index (κ3) is 5.03. The highest BCUT2D eigenvalue weighted by atomic mass is 16.5. The molecule has 1 heterocycles. The number of methoxy groups -OCH3 is 1. The van der Waals surface area contributed by atoms with Crippen molar-refractivity contribution in [1.29, 1.82) is 0 Å². The molecular weight excluding hydrogens is 220 g/mol. The van der Waals surface area contributed by atoms with Gasteiger partial charge in [0.05, 0.1) is 19.3 Å². The Bertz CT molecular complexity index is 337. The van der Waals surface area contributed by atoms with Gasteiger partial charge in [-0.05, 0) is 19.3 Å². The summed E-state index contributed by atoms with van der Waals surface area (Å²) < 4.78 is 10.2. The van der Waals surface area contributed by atoms with Crippen LogP contribution in [-0.2, 0) is 14.3 Å². The zero-order chi connectivity index (χ0) is 12.7. The minimum Gasteiger partial charge on any atom is -0.459 e. The van der Waals surface area contributed by atoms with Crippen molar-refractivity contribution in [2.24, 2.45) is 0 Å². The third-order valence-corrected chi connectivity index (χ3v) is 2.57. The van der Waals surface area contributed by atoms with E-state index < -0.39 is 5.97 Å². The van der Waals surface area contributed by atoms with Gasteiger partial charge < -0.3 is 14.6 Å². The van der Waals surface area contributed by atoms with Crippen LogP contribution in [0, 0.1) is 11.8 Å². The Kier molecular flexibility index (Phi) is 5.75. The summed E-state index contributed by atoms with van der Waals surface area (Å²) in [4.78, 5) is 10.8. The van der Waals surface area contributed by atoms with Crippen molar-refractivity contribution in [3.8, 4) is 11.8 Å². The van der Waals surface area contributed by atoms with E-state index in [1.54, 1.807) is 0 Å². The highest BCUT2D eigenvalue weighted by Gasteiger charge is 2.23. The molecule has 0 unspecified atom stereocenters. The first kappa shape index (κ1) is 13.8. The summed E-state index contributed by atoms with van der Waals surface area (Å²) in [5, 5.41) is 8.87. The smallest absolute Gasteiger partial charge is 0.384 e. The largest absolute Gasteiger partial charge is 0.459 e. The fourth-order valence-electron chi connectivity index (χ4n) is 1.82. The molecule has 0 bridgehead atoms. The van der Waals surface area contributed by atoms with Gasteiger partial charge in [0, 0.05) is 18.9 Å².